The molecule has 0 saturated heterocycles. The van der Waals surface area contributed by atoms with E-state index >= 15 is 0 Å². The first-order valence-corrected chi connectivity index (χ1v) is 14.0. The molecule has 6 heteroatoms. The maximum atomic E-state index is 13.5. The summed E-state index contributed by atoms with van der Waals surface area (Å²) in [5.74, 6) is 3.10. The first kappa shape index (κ1) is 24.8. The largest absolute Gasteiger partial charge is 0.297 e. The Morgan fingerprint density at radius 3 is 2.34 bits per heavy atom. The Morgan fingerprint density at radius 1 is 0.971 bits per heavy atom. The van der Waals surface area contributed by atoms with Gasteiger partial charge in [-0.2, -0.15) is 15.0 Å². The Hall–Kier alpha value is -1.85. The van der Waals surface area contributed by atoms with Crippen molar-refractivity contribution in [3.8, 4) is 0 Å². The molecule has 1 aromatic carbocycles. The molecular formula is C29H41F2N3O. The third-order valence-electron chi connectivity index (χ3n) is 10.4. The van der Waals surface area contributed by atoms with Gasteiger partial charge in [-0.3, -0.25) is 4.79 Å². The second-order valence-corrected chi connectivity index (χ2v) is 11.7. The third kappa shape index (κ3) is 4.33. The van der Waals surface area contributed by atoms with Crippen molar-refractivity contribution in [1.82, 2.24) is 15.0 Å². The molecule has 4 saturated carbocycles. The van der Waals surface area contributed by atoms with Crippen LogP contribution in [0.1, 0.15) is 78.6 Å². The van der Waals surface area contributed by atoms with Crippen molar-refractivity contribution in [2.24, 2.45) is 46.8 Å². The fourth-order valence-corrected chi connectivity index (χ4v) is 8.87. The van der Waals surface area contributed by atoms with Gasteiger partial charge in [0.2, 0.25) is 6.43 Å². The van der Waals surface area contributed by atoms with Gasteiger partial charge in [0.15, 0.2) is 5.78 Å². The summed E-state index contributed by atoms with van der Waals surface area (Å²) in [5, 5.41) is 9.02. The molecule has 0 amide bonds. The van der Waals surface area contributed by atoms with Gasteiger partial charge in [-0.05, 0) is 105 Å². The molecule has 1 aromatic heterocycles. The summed E-state index contributed by atoms with van der Waals surface area (Å²) in [6, 6.07) is 7.75. The molecule has 1 heterocycles. The van der Waals surface area contributed by atoms with Crippen LogP contribution in [-0.2, 0) is 11.3 Å². The maximum Gasteiger partial charge on any atom is 0.241 e. The Bertz CT molecular complexity index is 1000. The van der Waals surface area contributed by atoms with Crippen LogP contribution in [0.15, 0.2) is 24.3 Å². The topological polar surface area (TPSA) is 47.8 Å². The van der Waals surface area contributed by atoms with E-state index in [4.69, 9.17) is 0 Å². The van der Waals surface area contributed by atoms with Crippen LogP contribution in [0.3, 0.4) is 0 Å². The number of rotatable bonds is 4. The number of aromatic nitrogens is 3. The minimum atomic E-state index is -2.15. The van der Waals surface area contributed by atoms with Gasteiger partial charge in [0, 0.05) is 11.8 Å². The average molecular weight is 486 g/mol. The summed E-state index contributed by atoms with van der Waals surface area (Å²) in [5.41, 5.74) is 1.73. The van der Waals surface area contributed by atoms with Crippen LogP contribution in [0.2, 0.25) is 0 Å². The number of halogens is 2. The molecule has 8 unspecified atom stereocenters. The van der Waals surface area contributed by atoms with Crippen molar-refractivity contribution in [3.05, 3.63) is 24.3 Å². The van der Waals surface area contributed by atoms with Crippen molar-refractivity contribution in [2.75, 3.05) is 0 Å². The Morgan fingerprint density at radius 2 is 1.66 bits per heavy atom. The third-order valence-corrected chi connectivity index (χ3v) is 10.4. The monoisotopic (exact) mass is 485 g/mol. The zero-order chi connectivity index (χ0) is 24.7. The standard InChI is InChI=1S/C27H35F2N3O.C2H6/c1-27-13-12-19-18-8-7-17(26(28)29)14-16(18)6-9-20(19)21(27)10-11-22(27)25(33)15-32-30-23-4-2-3-5-24(23)31-32;1-2/h2-5,16-22,26H,6-15H2,1H3;1-2H3. The zero-order valence-corrected chi connectivity index (χ0v) is 21.5. The van der Waals surface area contributed by atoms with E-state index in [-0.39, 0.29) is 29.6 Å². The second-order valence-electron chi connectivity index (χ2n) is 11.7. The van der Waals surface area contributed by atoms with E-state index < -0.39 is 6.43 Å². The van der Waals surface area contributed by atoms with E-state index in [0.717, 1.165) is 49.6 Å². The molecule has 4 aliphatic carbocycles. The normalized spacial score (nSPS) is 38.3. The summed E-state index contributed by atoms with van der Waals surface area (Å²) >= 11 is 0. The smallest absolute Gasteiger partial charge is 0.241 e. The van der Waals surface area contributed by atoms with Crippen LogP contribution in [0.25, 0.3) is 11.0 Å². The van der Waals surface area contributed by atoms with Crippen molar-refractivity contribution in [2.45, 2.75) is 91.5 Å². The molecule has 0 radical (unpaired) electrons. The summed E-state index contributed by atoms with van der Waals surface area (Å²) < 4.78 is 26.7. The molecule has 8 atom stereocenters. The lowest BCUT2D eigenvalue weighted by atomic mass is 9.49. The number of Topliss-reactive ketones (excluding diaryl/α,β-unsaturated/α-hetero) is 1. The lowest BCUT2D eigenvalue weighted by Crippen LogP contribution is -2.49. The number of carbonyl (C=O) groups excluding carboxylic acids is 1. The molecule has 4 aliphatic rings. The minimum Gasteiger partial charge on any atom is -0.297 e. The molecule has 192 valence electrons. The highest BCUT2D eigenvalue weighted by molar-refractivity contribution is 5.82. The van der Waals surface area contributed by atoms with Crippen LogP contribution in [0.5, 0.6) is 0 Å². The Labute approximate surface area is 208 Å². The van der Waals surface area contributed by atoms with Crippen LogP contribution in [-0.4, -0.2) is 27.2 Å². The van der Waals surface area contributed by atoms with Crippen molar-refractivity contribution in [3.63, 3.8) is 0 Å². The maximum absolute atomic E-state index is 13.5. The number of fused-ring (bicyclic) bond motifs is 6. The van der Waals surface area contributed by atoms with Crippen molar-refractivity contribution < 1.29 is 13.6 Å². The van der Waals surface area contributed by atoms with E-state index in [2.05, 4.69) is 17.1 Å². The highest BCUT2D eigenvalue weighted by atomic mass is 19.3. The molecular weight excluding hydrogens is 444 g/mol. The van der Waals surface area contributed by atoms with Crippen LogP contribution < -0.4 is 0 Å². The molecule has 2 aromatic rings. The van der Waals surface area contributed by atoms with E-state index in [1.54, 1.807) is 4.80 Å². The Kier molecular flexibility index (Phi) is 7.02. The fraction of sp³-hybridized carbons (Fsp3) is 0.759. The number of alkyl halides is 2. The lowest BCUT2D eigenvalue weighted by Gasteiger charge is -2.56. The van der Waals surface area contributed by atoms with Gasteiger partial charge in [-0.25, -0.2) is 8.78 Å². The number of carbonyl (C=O) groups is 1. The minimum absolute atomic E-state index is 0.0673. The second kappa shape index (κ2) is 9.89. The molecule has 0 bridgehead atoms. The SMILES string of the molecule is CC.CC12CCC3C4CCC(C(F)F)CC4CCC3C1CCC2C(=O)Cn1nc2ccccc2n1. The first-order valence-electron chi connectivity index (χ1n) is 14.0. The molecule has 4 nitrogen and oxygen atoms in total. The van der Waals surface area contributed by atoms with Gasteiger partial charge in [0.1, 0.15) is 17.6 Å². The van der Waals surface area contributed by atoms with Gasteiger partial charge in [0.25, 0.3) is 0 Å². The first-order chi connectivity index (χ1) is 16.9. The lowest BCUT2D eigenvalue weighted by molar-refractivity contribution is -0.131. The molecule has 0 spiro atoms. The van der Waals surface area contributed by atoms with Crippen LogP contribution in [0, 0.1) is 46.8 Å². The van der Waals surface area contributed by atoms with Crippen molar-refractivity contribution in [1.29, 1.82) is 0 Å². The molecule has 35 heavy (non-hydrogen) atoms. The Balaban J connectivity index is 0.00000124. The summed E-state index contributed by atoms with van der Waals surface area (Å²) in [4.78, 5) is 15.1. The summed E-state index contributed by atoms with van der Waals surface area (Å²) in [6.45, 7) is 6.63. The van der Waals surface area contributed by atoms with E-state index in [9.17, 15) is 13.6 Å². The van der Waals surface area contributed by atoms with E-state index in [1.807, 2.05) is 38.1 Å². The summed E-state index contributed by atoms with van der Waals surface area (Å²) in [7, 11) is 0. The predicted molar refractivity (Wildman–Crippen MR) is 134 cm³/mol. The zero-order valence-electron chi connectivity index (χ0n) is 21.5. The number of ketones is 1. The molecule has 6 rings (SSSR count). The van der Waals surface area contributed by atoms with Gasteiger partial charge in [-0.15, -0.1) is 0 Å². The highest BCUT2D eigenvalue weighted by Gasteiger charge is 2.58. The van der Waals surface area contributed by atoms with Gasteiger partial charge in [0.05, 0.1) is 0 Å². The van der Waals surface area contributed by atoms with Gasteiger partial charge in [-0.1, -0.05) is 32.9 Å². The number of hydrogen-bond donors (Lipinski definition) is 0. The highest BCUT2D eigenvalue weighted by Crippen LogP contribution is 2.64. The van der Waals surface area contributed by atoms with Gasteiger partial charge < -0.3 is 0 Å². The van der Waals surface area contributed by atoms with Gasteiger partial charge >= 0.3 is 0 Å². The van der Waals surface area contributed by atoms with Crippen LogP contribution >= 0.6 is 0 Å². The fourth-order valence-electron chi connectivity index (χ4n) is 8.87. The molecule has 0 N–H and O–H groups in total. The average Bonchev–Trinajstić information content (AvgIpc) is 3.44. The molecule has 4 fully saturated rings. The molecule has 0 aliphatic heterocycles. The number of benzene rings is 1. The van der Waals surface area contributed by atoms with Crippen molar-refractivity contribution >= 4 is 16.8 Å². The summed E-state index contributed by atoms with van der Waals surface area (Å²) in [6.07, 6.45) is 6.96. The number of nitrogens with zero attached hydrogens (tertiary/aromatic N) is 3. The van der Waals surface area contributed by atoms with Crippen LogP contribution in [0.4, 0.5) is 8.78 Å². The predicted octanol–water partition coefficient (Wildman–Crippen LogP) is 7.18. The van der Waals surface area contributed by atoms with E-state index in [0.29, 0.717) is 36.0 Å². The van der Waals surface area contributed by atoms with E-state index in [1.165, 1.54) is 12.8 Å². The quantitative estimate of drug-likeness (QED) is 0.461. The number of hydrogen-bond acceptors (Lipinski definition) is 3.